The van der Waals surface area contributed by atoms with Crippen LogP contribution in [0.5, 0.6) is 0 Å². The molecule has 0 unspecified atom stereocenters. The minimum Gasteiger partial charge on any atom is -0.310 e. The molecule has 6 heteroatoms. The van der Waals surface area contributed by atoms with Crippen molar-refractivity contribution in [3.63, 3.8) is 0 Å². The zero-order valence-corrected chi connectivity index (χ0v) is 42.6. The first-order valence-electron chi connectivity index (χ1n) is 25.8. The van der Waals surface area contributed by atoms with Crippen LogP contribution in [0.15, 0.2) is 267 Å². The first kappa shape index (κ1) is 43.0. The van der Waals surface area contributed by atoms with Gasteiger partial charge >= 0.3 is 0 Å². The summed E-state index contributed by atoms with van der Waals surface area (Å²) in [5.74, 6) is 0. The van der Waals surface area contributed by atoms with Gasteiger partial charge in [-0.05, 0) is 144 Å². The van der Waals surface area contributed by atoms with Gasteiger partial charge in [-0.1, -0.05) is 133 Å². The number of fused-ring (bicyclic) bond motifs is 15. The highest BCUT2D eigenvalue weighted by Crippen LogP contribution is 2.49. The molecular weight excluding hydrogens is 961 g/mol. The molecule has 356 valence electrons. The summed E-state index contributed by atoms with van der Waals surface area (Å²) in [6, 6.07) is 98.1. The normalized spacial score (nSPS) is 11.9. The van der Waals surface area contributed by atoms with E-state index in [2.05, 4.69) is 286 Å². The van der Waals surface area contributed by atoms with Crippen molar-refractivity contribution in [2.45, 2.75) is 0 Å². The molecule has 0 aliphatic carbocycles. The van der Waals surface area contributed by atoms with E-state index in [1.807, 2.05) is 22.7 Å². The highest BCUT2D eigenvalue weighted by atomic mass is 32.1. The third kappa shape index (κ3) is 6.61. The Labute approximate surface area is 446 Å². The predicted molar refractivity (Wildman–Crippen MR) is 328 cm³/mol. The van der Waals surface area contributed by atoms with Crippen molar-refractivity contribution in [2.75, 3.05) is 9.80 Å². The Morgan fingerprint density at radius 1 is 0.224 bits per heavy atom. The van der Waals surface area contributed by atoms with Crippen LogP contribution < -0.4 is 9.80 Å². The maximum absolute atomic E-state index is 2.43. The molecule has 0 atom stereocenters. The van der Waals surface area contributed by atoms with E-state index in [1.165, 1.54) is 94.7 Å². The van der Waals surface area contributed by atoms with Gasteiger partial charge < -0.3 is 18.9 Å². The summed E-state index contributed by atoms with van der Waals surface area (Å²) in [6.07, 6.45) is 0. The molecule has 16 aromatic rings. The Kier molecular flexibility index (Phi) is 9.64. The fraction of sp³-hybridized carbons (Fsp3) is 0. The highest BCUT2D eigenvalue weighted by molar-refractivity contribution is 7.26. The standard InChI is InChI=1S/C70H44N4S2/c1-5-17-45(18-6-1)71(51-29-33-55-53-25-13-15-27-61(53)73(63(55)43-51)47-21-9-3-10-22-47)49-31-37-65-59(41-49)69-57-35-40-68-70(58(57)36-39-67(69)75-65)60-42-50(32-38-66(60)76-68)72(46-19-7-2-8-20-46)52-30-34-56-54-26-14-16-28-62(54)74(64(56)44-52)48-23-11-4-12-24-48/h1-44H. The maximum Gasteiger partial charge on any atom is 0.0561 e. The lowest BCUT2D eigenvalue weighted by Crippen LogP contribution is -2.10. The number of hydrogen-bond donors (Lipinski definition) is 0. The van der Waals surface area contributed by atoms with E-state index < -0.39 is 0 Å². The lowest BCUT2D eigenvalue weighted by atomic mass is 9.99. The molecule has 0 N–H and O–H groups in total. The summed E-state index contributed by atoms with van der Waals surface area (Å²) in [4.78, 5) is 4.84. The van der Waals surface area contributed by atoms with Gasteiger partial charge in [0.05, 0.1) is 22.1 Å². The molecular formula is C70H44N4S2. The van der Waals surface area contributed by atoms with Gasteiger partial charge in [0.15, 0.2) is 0 Å². The van der Waals surface area contributed by atoms with Crippen molar-refractivity contribution in [1.29, 1.82) is 0 Å². The van der Waals surface area contributed by atoms with Crippen LogP contribution in [0.1, 0.15) is 0 Å². The van der Waals surface area contributed by atoms with E-state index >= 15 is 0 Å². The number of nitrogens with zero attached hydrogens (tertiary/aromatic N) is 4. The molecule has 0 aliphatic rings. The number of hydrogen-bond acceptors (Lipinski definition) is 4. The zero-order chi connectivity index (χ0) is 49.8. The molecule has 0 aliphatic heterocycles. The predicted octanol–water partition coefficient (Wildman–Crippen LogP) is 20.7. The van der Waals surface area contributed by atoms with E-state index in [4.69, 9.17) is 0 Å². The summed E-state index contributed by atoms with van der Waals surface area (Å²) in [7, 11) is 0. The Balaban J connectivity index is 0.870. The summed E-state index contributed by atoms with van der Waals surface area (Å²) in [6.45, 7) is 0. The number of anilines is 6. The Morgan fingerprint density at radius 3 is 0.987 bits per heavy atom. The highest BCUT2D eigenvalue weighted by Gasteiger charge is 2.22. The van der Waals surface area contributed by atoms with Gasteiger partial charge in [0.25, 0.3) is 0 Å². The molecule has 0 radical (unpaired) electrons. The minimum atomic E-state index is 1.10. The Bertz CT molecular complexity index is 4620. The van der Waals surface area contributed by atoms with Crippen molar-refractivity contribution in [2.24, 2.45) is 0 Å². The molecule has 4 nitrogen and oxygen atoms in total. The number of rotatable bonds is 8. The first-order valence-corrected chi connectivity index (χ1v) is 27.5. The van der Waals surface area contributed by atoms with Crippen LogP contribution in [0.25, 0.3) is 106 Å². The average molecular weight is 1010 g/mol. The molecule has 16 rings (SSSR count). The molecule has 0 saturated heterocycles. The monoisotopic (exact) mass is 1000 g/mol. The topological polar surface area (TPSA) is 16.3 Å². The lowest BCUT2D eigenvalue weighted by molar-refractivity contribution is 1.18. The summed E-state index contributed by atoms with van der Waals surface area (Å²) in [5, 5.41) is 12.7. The summed E-state index contributed by atoms with van der Waals surface area (Å²) < 4.78 is 9.94. The number of benzene rings is 12. The quantitative estimate of drug-likeness (QED) is 0.151. The molecule has 0 spiro atoms. The number of thiophene rings is 2. The van der Waals surface area contributed by atoms with Gasteiger partial charge in [-0.25, -0.2) is 0 Å². The maximum atomic E-state index is 2.43. The molecule has 12 aromatic carbocycles. The summed E-state index contributed by atoms with van der Waals surface area (Å²) in [5.41, 5.74) is 13.7. The van der Waals surface area contributed by atoms with E-state index in [1.54, 1.807) is 0 Å². The third-order valence-electron chi connectivity index (χ3n) is 15.4. The van der Waals surface area contributed by atoms with Gasteiger partial charge in [-0.3, -0.25) is 0 Å². The smallest absolute Gasteiger partial charge is 0.0561 e. The fourth-order valence-electron chi connectivity index (χ4n) is 12.2. The number of para-hydroxylation sites is 6. The zero-order valence-electron chi connectivity index (χ0n) is 41.0. The van der Waals surface area contributed by atoms with Crippen molar-refractivity contribution in [3.8, 4) is 11.4 Å². The van der Waals surface area contributed by atoms with Crippen molar-refractivity contribution in [3.05, 3.63) is 267 Å². The minimum absolute atomic E-state index is 1.10. The summed E-state index contributed by atoms with van der Waals surface area (Å²) >= 11 is 3.76. The van der Waals surface area contributed by atoms with Crippen LogP contribution in [-0.4, -0.2) is 9.13 Å². The van der Waals surface area contributed by atoms with Crippen LogP contribution in [0.3, 0.4) is 0 Å². The van der Waals surface area contributed by atoms with Gasteiger partial charge in [-0.2, -0.15) is 0 Å². The molecule has 0 amide bonds. The second-order valence-corrected chi connectivity index (χ2v) is 21.8. The van der Waals surface area contributed by atoms with Gasteiger partial charge in [-0.15, -0.1) is 22.7 Å². The van der Waals surface area contributed by atoms with Crippen LogP contribution in [0.2, 0.25) is 0 Å². The number of aromatic nitrogens is 2. The molecule has 4 heterocycles. The molecule has 0 bridgehead atoms. The first-order chi connectivity index (χ1) is 37.7. The largest absolute Gasteiger partial charge is 0.310 e. The van der Waals surface area contributed by atoms with E-state index in [-0.39, 0.29) is 0 Å². The van der Waals surface area contributed by atoms with E-state index in [0.717, 1.165) is 45.5 Å². The van der Waals surface area contributed by atoms with Crippen molar-refractivity contribution >= 4 is 152 Å². The SMILES string of the molecule is c1ccc(N(c2ccc3sc4ccc5c(ccc6sc7ccc(N(c8ccccc8)c8ccc9c%10ccccc%10n(-c%10ccccc%10)c9c8)cc7c65)c4c3c2)c2ccc3c4ccccc4n(-c4ccccc4)c3c2)cc1. The molecule has 0 saturated carbocycles. The van der Waals surface area contributed by atoms with Crippen molar-refractivity contribution in [1.82, 2.24) is 9.13 Å². The Hall–Kier alpha value is -9.46. The average Bonchev–Trinajstić information content (AvgIpc) is 4.31. The van der Waals surface area contributed by atoms with E-state index in [0.29, 0.717) is 0 Å². The van der Waals surface area contributed by atoms with Crippen LogP contribution in [0, 0.1) is 0 Å². The van der Waals surface area contributed by atoms with Crippen LogP contribution >= 0.6 is 22.7 Å². The molecule has 0 fully saturated rings. The van der Waals surface area contributed by atoms with Gasteiger partial charge in [0.1, 0.15) is 0 Å². The van der Waals surface area contributed by atoms with Gasteiger partial charge in [0.2, 0.25) is 0 Å². The van der Waals surface area contributed by atoms with Crippen molar-refractivity contribution < 1.29 is 0 Å². The Morgan fingerprint density at radius 2 is 0.553 bits per heavy atom. The lowest BCUT2D eigenvalue weighted by Gasteiger charge is -2.26. The third-order valence-corrected chi connectivity index (χ3v) is 17.7. The van der Waals surface area contributed by atoms with Crippen LogP contribution in [0.4, 0.5) is 34.1 Å². The van der Waals surface area contributed by atoms with E-state index in [9.17, 15) is 0 Å². The van der Waals surface area contributed by atoms with Gasteiger partial charge in [0, 0.05) is 107 Å². The second-order valence-electron chi connectivity index (χ2n) is 19.7. The molecule has 4 aromatic heterocycles. The fourth-order valence-corrected chi connectivity index (χ4v) is 14.4. The second kappa shape index (κ2) is 17.0. The van der Waals surface area contributed by atoms with Crippen LogP contribution in [-0.2, 0) is 0 Å². The molecule has 76 heavy (non-hydrogen) atoms.